The molecule has 2 amide bonds. The molecule has 196 valence electrons. The number of carbonyl (C=O) groups excluding carboxylic acids is 1. The fourth-order valence-corrected chi connectivity index (χ4v) is 4.03. The highest BCUT2D eigenvalue weighted by Crippen LogP contribution is 2.36. The zero-order chi connectivity index (χ0) is 25.6. The lowest BCUT2D eigenvalue weighted by atomic mass is 10.2. The second kappa shape index (κ2) is 11.6. The molecule has 2 aliphatic rings. The van der Waals surface area contributed by atoms with Crippen molar-refractivity contribution in [2.45, 2.75) is 25.3 Å². The van der Waals surface area contributed by atoms with E-state index in [2.05, 4.69) is 25.5 Å². The van der Waals surface area contributed by atoms with E-state index in [9.17, 15) is 9.18 Å². The zero-order valence-corrected chi connectivity index (χ0v) is 20.7. The maximum absolute atomic E-state index is 14.6. The number of rotatable bonds is 10. The first-order valence-corrected chi connectivity index (χ1v) is 12.4. The molecule has 5 rings (SSSR count). The molecular weight excluding hydrogens is 481 g/mol. The summed E-state index contributed by atoms with van der Waals surface area (Å²) in [6.07, 6.45) is 4.14. The van der Waals surface area contributed by atoms with Crippen LogP contribution in [0.2, 0.25) is 0 Å². The number of anilines is 1. The van der Waals surface area contributed by atoms with Crippen LogP contribution >= 0.6 is 0 Å². The SMILES string of the molecule is COc1cc2c(Oc3ccc(NC(=O)NC4CC4)c(F)c3)ncnc2cc1OCCCN1CCOCC1. The molecule has 1 saturated heterocycles. The molecule has 10 nitrogen and oxygen atoms in total. The highest BCUT2D eigenvalue weighted by atomic mass is 19.1. The smallest absolute Gasteiger partial charge is 0.319 e. The minimum absolute atomic E-state index is 0.0649. The molecular formula is C26H30FN5O5. The summed E-state index contributed by atoms with van der Waals surface area (Å²) >= 11 is 0. The fraction of sp³-hybridized carbons (Fsp3) is 0.423. The predicted octanol–water partition coefficient (Wildman–Crippen LogP) is 3.95. The van der Waals surface area contributed by atoms with E-state index < -0.39 is 11.8 Å². The second-order valence-electron chi connectivity index (χ2n) is 8.97. The molecule has 0 spiro atoms. The fourth-order valence-electron chi connectivity index (χ4n) is 4.03. The lowest BCUT2D eigenvalue weighted by Crippen LogP contribution is -2.37. The van der Waals surface area contributed by atoms with Crippen molar-refractivity contribution >= 4 is 22.6 Å². The Morgan fingerprint density at radius 1 is 1.16 bits per heavy atom. The first-order chi connectivity index (χ1) is 18.1. The Balaban J connectivity index is 1.25. The van der Waals surface area contributed by atoms with Crippen LogP contribution in [0.15, 0.2) is 36.7 Å². The van der Waals surface area contributed by atoms with Gasteiger partial charge in [-0.1, -0.05) is 0 Å². The molecule has 1 aliphatic carbocycles. The Kier molecular flexibility index (Phi) is 7.81. The largest absolute Gasteiger partial charge is 0.493 e. The van der Waals surface area contributed by atoms with Crippen LogP contribution < -0.4 is 24.8 Å². The van der Waals surface area contributed by atoms with Gasteiger partial charge in [0.2, 0.25) is 5.88 Å². The summed E-state index contributed by atoms with van der Waals surface area (Å²) in [7, 11) is 1.56. The molecule has 0 atom stereocenters. The number of methoxy groups -OCH3 is 1. The van der Waals surface area contributed by atoms with E-state index in [0.29, 0.717) is 29.0 Å². The van der Waals surface area contributed by atoms with Crippen molar-refractivity contribution in [3.8, 4) is 23.1 Å². The molecule has 0 unspecified atom stereocenters. The number of benzene rings is 2. The van der Waals surface area contributed by atoms with E-state index >= 15 is 0 Å². The molecule has 11 heteroatoms. The molecule has 0 bridgehead atoms. The molecule has 1 aliphatic heterocycles. The second-order valence-corrected chi connectivity index (χ2v) is 8.97. The van der Waals surface area contributed by atoms with Crippen LogP contribution in [0.1, 0.15) is 19.3 Å². The van der Waals surface area contributed by atoms with E-state index in [4.69, 9.17) is 18.9 Å². The van der Waals surface area contributed by atoms with Crippen molar-refractivity contribution in [2.75, 3.05) is 51.9 Å². The Labute approximate surface area is 214 Å². The molecule has 1 saturated carbocycles. The van der Waals surface area contributed by atoms with E-state index in [1.807, 2.05) is 0 Å². The number of amides is 2. The quantitative estimate of drug-likeness (QED) is 0.394. The third-order valence-corrected chi connectivity index (χ3v) is 6.18. The van der Waals surface area contributed by atoms with Gasteiger partial charge in [0.25, 0.3) is 0 Å². The van der Waals surface area contributed by atoms with Crippen molar-refractivity contribution < 1.29 is 28.1 Å². The third kappa shape index (κ3) is 6.55. The molecule has 2 N–H and O–H groups in total. The van der Waals surface area contributed by atoms with Gasteiger partial charge in [-0.05, 0) is 37.5 Å². The van der Waals surface area contributed by atoms with Crippen LogP contribution in [-0.2, 0) is 4.74 Å². The summed E-state index contributed by atoms with van der Waals surface area (Å²) in [4.78, 5) is 22.8. The van der Waals surface area contributed by atoms with Crippen molar-refractivity contribution in [1.29, 1.82) is 0 Å². The van der Waals surface area contributed by atoms with Gasteiger partial charge in [-0.2, -0.15) is 0 Å². The summed E-state index contributed by atoms with van der Waals surface area (Å²) in [6, 6.07) is 7.48. The maximum Gasteiger partial charge on any atom is 0.319 e. The number of aromatic nitrogens is 2. The summed E-state index contributed by atoms with van der Waals surface area (Å²) in [5, 5.41) is 5.86. The summed E-state index contributed by atoms with van der Waals surface area (Å²) in [5.41, 5.74) is 0.666. The van der Waals surface area contributed by atoms with Crippen LogP contribution in [0.5, 0.6) is 23.1 Å². The molecule has 1 aromatic heterocycles. The van der Waals surface area contributed by atoms with Crippen LogP contribution in [0.4, 0.5) is 14.9 Å². The number of fused-ring (bicyclic) bond motifs is 1. The van der Waals surface area contributed by atoms with Gasteiger partial charge in [-0.15, -0.1) is 0 Å². The summed E-state index contributed by atoms with van der Waals surface area (Å²) < 4.78 is 37.4. The number of hydrogen-bond donors (Lipinski definition) is 2. The van der Waals surface area contributed by atoms with Crippen molar-refractivity contribution in [2.24, 2.45) is 0 Å². The first kappa shape index (κ1) is 25.0. The van der Waals surface area contributed by atoms with Crippen LogP contribution in [0, 0.1) is 5.82 Å². The minimum atomic E-state index is -0.618. The normalized spacial score (nSPS) is 15.8. The summed E-state index contributed by atoms with van der Waals surface area (Å²) in [6.45, 7) is 4.90. The lowest BCUT2D eigenvalue weighted by Gasteiger charge is -2.26. The van der Waals surface area contributed by atoms with E-state index in [1.54, 1.807) is 25.3 Å². The number of nitrogens with zero attached hydrogens (tertiary/aromatic N) is 3. The van der Waals surface area contributed by atoms with Gasteiger partial charge >= 0.3 is 6.03 Å². The molecule has 3 aromatic rings. The molecule has 2 heterocycles. The average Bonchev–Trinajstić information content (AvgIpc) is 3.72. The number of ether oxygens (including phenoxy) is 4. The van der Waals surface area contributed by atoms with Gasteiger partial charge in [-0.25, -0.2) is 19.2 Å². The average molecular weight is 512 g/mol. The first-order valence-electron chi connectivity index (χ1n) is 12.4. The minimum Gasteiger partial charge on any atom is -0.493 e. The Morgan fingerprint density at radius 2 is 2.00 bits per heavy atom. The number of carbonyl (C=O) groups is 1. The van der Waals surface area contributed by atoms with E-state index in [0.717, 1.165) is 52.1 Å². The number of halogens is 1. The van der Waals surface area contributed by atoms with Gasteiger partial charge in [0.1, 0.15) is 17.9 Å². The third-order valence-electron chi connectivity index (χ3n) is 6.18. The zero-order valence-electron chi connectivity index (χ0n) is 20.7. The number of hydrogen-bond acceptors (Lipinski definition) is 8. The van der Waals surface area contributed by atoms with Crippen LogP contribution in [0.3, 0.4) is 0 Å². The topological polar surface area (TPSA) is 107 Å². The highest BCUT2D eigenvalue weighted by molar-refractivity contribution is 5.90. The van der Waals surface area contributed by atoms with Gasteiger partial charge in [0, 0.05) is 37.8 Å². The Morgan fingerprint density at radius 3 is 2.76 bits per heavy atom. The molecule has 37 heavy (non-hydrogen) atoms. The van der Waals surface area contributed by atoms with Gasteiger partial charge in [-0.3, -0.25) is 4.90 Å². The van der Waals surface area contributed by atoms with Gasteiger partial charge < -0.3 is 29.6 Å². The Hall–Kier alpha value is -3.70. The van der Waals surface area contributed by atoms with Gasteiger partial charge in [0.05, 0.1) is 43.5 Å². The Bertz CT molecular complexity index is 1250. The van der Waals surface area contributed by atoms with E-state index in [1.165, 1.54) is 18.5 Å². The van der Waals surface area contributed by atoms with Crippen molar-refractivity contribution in [3.05, 3.63) is 42.5 Å². The van der Waals surface area contributed by atoms with Crippen molar-refractivity contribution in [3.63, 3.8) is 0 Å². The standard InChI is InChI=1S/C26H30FN5O5/c1-34-23-14-19-22(15-24(23)36-10-2-7-32-8-11-35-12-9-32)28-16-29-25(19)37-18-5-6-21(20(27)13-18)31-26(33)30-17-3-4-17/h5-6,13-17H,2-4,7-12H2,1H3,(H2,30,31,33). The van der Waals surface area contributed by atoms with E-state index in [-0.39, 0.29) is 23.4 Å². The lowest BCUT2D eigenvalue weighted by molar-refractivity contribution is 0.0357. The number of morpholine rings is 1. The highest BCUT2D eigenvalue weighted by Gasteiger charge is 2.23. The predicted molar refractivity (Wildman–Crippen MR) is 135 cm³/mol. The number of urea groups is 1. The molecule has 2 aromatic carbocycles. The molecule has 2 fully saturated rings. The molecule has 0 radical (unpaired) electrons. The summed E-state index contributed by atoms with van der Waals surface area (Å²) in [5.74, 6) is 0.951. The van der Waals surface area contributed by atoms with Crippen LogP contribution in [0.25, 0.3) is 10.9 Å². The maximum atomic E-state index is 14.6. The van der Waals surface area contributed by atoms with Crippen molar-refractivity contribution in [1.82, 2.24) is 20.2 Å². The monoisotopic (exact) mass is 511 g/mol. The van der Waals surface area contributed by atoms with Crippen LogP contribution in [-0.4, -0.2) is 73.5 Å². The van der Waals surface area contributed by atoms with Gasteiger partial charge in [0.15, 0.2) is 11.5 Å². The number of nitrogens with one attached hydrogen (secondary N) is 2.